The largest absolute Gasteiger partial charge is 0.507 e. The molecule has 0 aliphatic carbocycles. The zero-order chi connectivity index (χ0) is 10.1. The topological polar surface area (TPSA) is 58.6 Å². The van der Waals surface area contributed by atoms with Gasteiger partial charge < -0.3 is 15.2 Å². The SMILES string of the molecule is Cc1ccc2c(c1)CC(OC(=O)O)N2.Cl. The molecule has 0 radical (unpaired) electrons. The highest BCUT2D eigenvalue weighted by molar-refractivity contribution is 5.85. The predicted molar refractivity (Wildman–Crippen MR) is 58.7 cm³/mol. The van der Waals surface area contributed by atoms with Gasteiger partial charge in [0, 0.05) is 12.1 Å². The van der Waals surface area contributed by atoms with Gasteiger partial charge in [-0.1, -0.05) is 17.7 Å². The number of carbonyl (C=O) groups is 1. The fraction of sp³-hybridized carbons (Fsp3) is 0.300. The first-order valence-electron chi connectivity index (χ1n) is 4.41. The van der Waals surface area contributed by atoms with Crippen molar-refractivity contribution in [2.45, 2.75) is 19.6 Å². The minimum atomic E-state index is -1.24. The molecule has 4 nitrogen and oxygen atoms in total. The third-order valence-electron chi connectivity index (χ3n) is 2.23. The zero-order valence-corrected chi connectivity index (χ0v) is 9.00. The van der Waals surface area contributed by atoms with Crippen molar-refractivity contribution in [2.24, 2.45) is 0 Å². The van der Waals surface area contributed by atoms with Crippen LogP contribution in [0.4, 0.5) is 10.5 Å². The van der Waals surface area contributed by atoms with Crippen LogP contribution in [0.2, 0.25) is 0 Å². The number of anilines is 1. The number of hydrogen-bond donors (Lipinski definition) is 2. The number of ether oxygens (including phenoxy) is 1. The summed E-state index contributed by atoms with van der Waals surface area (Å²) in [6.07, 6.45) is -1.08. The zero-order valence-electron chi connectivity index (χ0n) is 8.19. The van der Waals surface area contributed by atoms with Gasteiger partial charge >= 0.3 is 6.16 Å². The molecule has 0 amide bonds. The molecule has 1 atom stereocenters. The summed E-state index contributed by atoms with van der Waals surface area (Å²) >= 11 is 0. The van der Waals surface area contributed by atoms with Gasteiger partial charge in [-0.3, -0.25) is 0 Å². The first-order valence-corrected chi connectivity index (χ1v) is 4.41. The molecule has 0 spiro atoms. The summed E-state index contributed by atoms with van der Waals surface area (Å²) in [4.78, 5) is 10.3. The maximum absolute atomic E-state index is 10.3. The molecule has 0 saturated heterocycles. The lowest BCUT2D eigenvalue weighted by Gasteiger charge is -2.08. The molecule has 15 heavy (non-hydrogen) atoms. The molecule has 1 heterocycles. The molecule has 1 aliphatic heterocycles. The molecule has 82 valence electrons. The van der Waals surface area contributed by atoms with Crippen molar-refractivity contribution in [3.63, 3.8) is 0 Å². The van der Waals surface area contributed by atoms with Gasteiger partial charge in [0.25, 0.3) is 0 Å². The Bertz CT molecular complexity index is 381. The Balaban J connectivity index is 0.00000112. The fourth-order valence-corrected chi connectivity index (χ4v) is 1.65. The molecule has 2 rings (SSSR count). The van der Waals surface area contributed by atoms with E-state index in [1.54, 1.807) is 0 Å². The van der Waals surface area contributed by atoms with Gasteiger partial charge in [0.2, 0.25) is 0 Å². The van der Waals surface area contributed by atoms with E-state index < -0.39 is 12.4 Å². The summed E-state index contributed by atoms with van der Waals surface area (Å²) in [6.45, 7) is 2.01. The van der Waals surface area contributed by atoms with Crippen LogP contribution in [0.3, 0.4) is 0 Å². The van der Waals surface area contributed by atoms with Gasteiger partial charge in [-0.2, -0.15) is 0 Å². The lowest BCUT2D eigenvalue weighted by Crippen LogP contribution is -2.22. The maximum atomic E-state index is 10.3. The highest BCUT2D eigenvalue weighted by atomic mass is 35.5. The standard InChI is InChI=1S/C10H11NO3.ClH/c1-6-2-3-8-7(4-6)5-9(11-8)14-10(12)13;/h2-4,9,11H,5H2,1H3,(H,12,13);1H. The Kier molecular flexibility index (Phi) is 3.42. The number of nitrogens with one attached hydrogen (secondary N) is 1. The third kappa shape index (κ3) is 2.53. The van der Waals surface area contributed by atoms with E-state index in [0.29, 0.717) is 6.42 Å². The lowest BCUT2D eigenvalue weighted by molar-refractivity contribution is 0.0651. The molecule has 1 unspecified atom stereocenters. The number of aryl methyl sites for hydroxylation is 1. The Labute approximate surface area is 93.7 Å². The van der Waals surface area contributed by atoms with Crippen LogP contribution in [0.15, 0.2) is 18.2 Å². The van der Waals surface area contributed by atoms with Crippen molar-refractivity contribution in [3.8, 4) is 0 Å². The predicted octanol–water partition coefficient (Wildman–Crippen LogP) is 2.41. The van der Waals surface area contributed by atoms with E-state index in [9.17, 15) is 4.79 Å². The molecule has 1 aliphatic rings. The van der Waals surface area contributed by atoms with Gasteiger partial charge in [-0.15, -0.1) is 12.4 Å². The summed E-state index contributed by atoms with van der Waals surface area (Å²) in [5.41, 5.74) is 3.24. The molecular weight excluding hydrogens is 218 g/mol. The van der Waals surface area contributed by atoms with E-state index in [-0.39, 0.29) is 12.4 Å². The number of halogens is 1. The van der Waals surface area contributed by atoms with Crippen LogP contribution in [0.5, 0.6) is 0 Å². The van der Waals surface area contributed by atoms with Crippen molar-refractivity contribution < 1.29 is 14.6 Å². The fourth-order valence-electron chi connectivity index (χ4n) is 1.65. The van der Waals surface area contributed by atoms with Crippen molar-refractivity contribution >= 4 is 24.2 Å². The van der Waals surface area contributed by atoms with E-state index in [2.05, 4.69) is 10.1 Å². The van der Waals surface area contributed by atoms with Crippen molar-refractivity contribution in [3.05, 3.63) is 29.3 Å². The smallest absolute Gasteiger partial charge is 0.450 e. The molecule has 1 aromatic rings. The molecule has 0 aromatic heterocycles. The Morgan fingerprint density at radius 2 is 2.33 bits per heavy atom. The van der Waals surface area contributed by atoms with Crippen molar-refractivity contribution in [2.75, 3.05) is 5.32 Å². The van der Waals surface area contributed by atoms with Crippen molar-refractivity contribution in [1.29, 1.82) is 0 Å². The summed E-state index contributed by atoms with van der Waals surface area (Å²) in [5, 5.41) is 11.4. The van der Waals surface area contributed by atoms with Crippen LogP contribution >= 0.6 is 12.4 Å². The lowest BCUT2D eigenvalue weighted by atomic mass is 10.1. The Morgan fingerprint density at radius 3 is 3.00 bits per heavy atom. The molecule has 0 fully saturated rings. The van der Waals surface area contributed by atoms with Crippen LogP contribution in [0.1, 0.15) is 11.1 Å². The molecular formula is C10H12ClNO3. The second-order valence-electron chi connectivity index (χ2n) is 3.38. The average molecular weight is 230 g/mol. The van der Waals surface area contributed by atoms with Gasteiger partial charge in [0.15, 0.2) is 6.23 Å². The minimum absolute atomic E-state index is 0. The second kappa shape index (κ2) is 4.40. The quantitative estimate of drug-likeness (QED) is 0.726. The molecule has 2 N–H and O–H groups in total. The van der Waals surface area contributed by atoms with Crippen LogP contribution in [-0.4, -0.2) is 17.5 Å². The number of benzene rings is 1. The van der Waals surface area contributed by atoms with E-state index in [4.69, 9.17) is 5.11 Å². The normalized spacial score (nSPS) is 17.3. The van der Waals surface area contributed by atoms with E-state index >= 15 is 0 Å². The van der Waals surface area contributed by atoms with Crippen LogP contribution in [0.25, 0.3) is 0 Å². The highest BCUT2D eigenvalue weighted by Gasteiger charge is 2.23. The third-order valence-corrected chi connectivity index (χ3v) is 2.23. The first kappa shape index (κ1) is 11.7. The van der Waals surface area contributed by atoms with Crippen LogP contribution in [0, 0.1) is 6.92 Å². The van der Waals surface area contributed by atoms with Gasteiger partial charge in [-0.25, -0.2) is 4.79 Å². The summed E-state index contributed by atoms with van der Waals surface area (Å²) in [5.74, 6) is 0. The maximum Gasteiger partial charge on any atom is 0.507 e. The van der Waals surface area contributed by atoms with E-state index in [1.165, 1.54) is 5.56 Å². The number of rotatable bonds is 1. The van der Waals surface area contributed by atoms with E-state index in [1.807, 2.05) is 25.1 Å². The summed E-state index contributed by atoms with van der Waals surface area (Å²) in [6, 6.07) is 5.96. The Hall–Kier alpha value is -1.42. The molecule has 0 saturated carbocycles. The van der Waals surface area contributed by atoms with Gasteiger partial charge in [-0.05, 0) is 18.6 Å². The van der Waals surface area contributed by atoms with E-state index in [0.717, 1.165) is 11.3 Å². The average Bonchev–Trinajstić information content (AvgIpc) is 2.44. The molecule has 5 heteroatoms. The number of hydrogen-bond acceptors (Lipinski definition) is 3. The second-order valence-corrected chi connectivity index (χ2v) is 3.38. The molecule has 0 bridgehead atoms. The molecule has 1 aromatic carbocycles. The van der Waals surface area contributed by atoms with Gasteiger partial charge in [0.05, 0.1) is 0 Å². The number of carboxylic acid groups (broad SMARTS) is 1. The highest BCUT2D eigenvalue weighted by Crippen LogP contribution is 2.26. The summed E-state index contributed by atoms with van der Waals surface area (Å²) in [7, 11) is 0. The van der Waals surface area contributed by atoms with Crippen LogP contribution < -0.4 is 5.32 Å². The summed E-state index contributed by atoms with van der Waals surface area (Å²) < 4.78 is 4.64. The number of fused-ring (bicyclic) bond motifs is 1. The minimum Gasteiger partial charge on any atom is -0.450 e. The van der Waals surface area contributed by atoms with Gasteiger partial charge in [0.1, 0.15) is 0 Å². The van der Waals surface area contributed by atoms with Crippen LogP contribution in [-0.2, 0) is 11.2 Å². The Morgan fingerprint density at radius 1 is 1.60 bits per heavy atom. The first-order chi connectivity index (χ1) is 6.65. The monoisotopic (exact) mass is 229 g/mol. The van der Waals surface area contributed by atoms with Crippen molar-refractivity contribution in [1.82, 2.24) is 0 Å².